The lowest BCUT2D eigenvalue weighted by Gasteiger charge is -2.36. The van der Waals surface area contributed by atoms with Crippen molar-refractivity contribution in [3.63, 3.8) is 0 Å². The number of carbonyl (C=O) groups is 1. The summed E-state index contributed by atoms with van der Waals surface area (Å²) >= 11 is 1.48. The lowest BCUT2D eigenvalue weighted by molar-refractivity contribution is -0.134. The molecule has 28 heavy (non-hydrogen) atoms. The number of ether oxygens (including phenoxy) is 1. The maximum absolute atomic E-state index is 12.5. The molecule has 7 heteroatoms. The molecule has 0 unspecified atom stereocenters. The SMILES string of the molecule is O=C(CSc1ccncc1)N1CC[C@@H](Oc2cccc3ncccc23)[C@H](O)C1. The first-order valence-electron chi connectivity index (χ1n) is 9.20. The molecule has 1 N–H and O–H groups in total. The first kappa shape index (κ1) is 18.7. The summed E-state index contributed by atoms with van der Waals surface area (Å²) in [5.74, 6) is 1.08. The molecule has 3 aromatic rings. The molecule has 6 nitrogen and oxygen atoms in total. The number of fused-ring (bicyclic) bond motifs is 1. The summed E-state index contributed by atoms with van der Waals surface area (Å²) in [6, 6.07) is 13.3. The molecule has 4 rings (SSSR count). The molecule has 1 aliphatic rings. The second-order valence-electron chi connectivity index (χ2n) is 6.65. The molecule has 1 aliphatic heterocycles. The van der Waals surface area contributed by atoms with E-state index in [4.69, 9.17) is 4.74 Å². The van der Waals surface area contributed by atoms with Crippen molar-refractivity contribution < 1.29 is 14.6 Å². The summed E-state index contributed by atoms with van der Waals surface area (Å²) in [5, 5.41) is 11.5. The van der Waals surface area contributed by atoms with Crippen molar-refractivity contribution in [3.8, 4) is 5.75 Å². The third kappa shape index (κ3) is 4.26. The van der Waals surface area contributed by atoms with Crippen LogP contribution in [0, 0.1) is 0 Å². The Kier molecular flexibility index (Phi) is 5.73. The fourth-order valence-electron chi connectivity index (χ4n) is 3.29. The Hall–Kier alpha value is -2.64. The minimum atomic E-state index is -0.726. The molecule has 144 valence electrons. The number of hydrogen-bond donors (Lipinski definition) is 1. The van der Waals surface area contributed by atoms with Gasteiger partial charge in [0.25, 0.3) is 0 Å². The van der Waals surface area contributed by atoms with Crippen molar-refractivity contribution in [2.75, 3.05) is 18.8 Å². The molecule has 3 heterocycles. The summed E-state index contributed by atoms with van der Waals surface area (Å²) in [4.78, 5) is 23.5. The van der Waals surface area contributed by atoms with Crippen LogP contribution in [0.15, 0.2) is 66.0 Å². The number of pyridine rings is 2. The third-order valence-electron chi connectivity index (χ3n) is 4.77. The number of thioether (sulfide) groups is 1. The van der Waals surface area contributed by atoms with Crippen LogP contribution < -0.4 is 4.74 Å². The molecule has 0 radical (unpaired) electrons. The standard InChI is InChI=1S/C21H21N3O3S/c25-18-13-24(21(26)14-28-15-6-10-22-11-7-15)12-8-20(18)27-19-5-1-4-17-16(19)3-2-9-23-17/h1-7,9-11,18,20,25H,8,12-14H2/t18-,20-/m1/s1. The molecule has 0 saturated carbocycles. The summed E-state index contributed by atoms with van der Waals surface area (Å²) in [6.45, 7) is 0.851. The maximum Gasteiger partial charge on any atom is 0.233 e. The fourth-order valence-corrected chi connectivity index (χ4v) is 4.07. The largest absolute Gasteiger partial charge is 0.487 e. The number of aromatic nitrogens is 2. The number of benzene rings is 1. The van der Waals surface area contributed by atoms with E-state index in [9.17, 15) is 9.90 Å². The molecule has 1 saturated heterocycles. The summed E-state index contributed by atoms with van der Waals surface area (Å²) in [5.41, 5.74) is 0.857. The van der Waals surface area contributed by atoms with Crippen LogP contribution in [0.3, 0.4) is 0 Å². The normalized spacial score (nSPS) is 19.5. The molecule has 1 aromatic carbocycles. The van der Waals surface area contributed by atoms with Crippen molar-refractivity contribution in [2.24, 2.45) is 0 Å². The van der Waals surface area contributed by atoms with Crippen molar-refractivity contribution in [1.82, 2.24) is 14.9 Å². The monoisotopic (exact) mass is 395 g/mol. The molecule has 1 amide bonds. The summed E-state index contributed by atoms with van der Waals surface area (Å²) < 4.78 is 6.10. The molecule has 2 atom stereocenters. The predicted octanol–water partition coefficient (Wildman–Crippen LogP) is 2.76. The number of carbonyl (C=O) groups excluding carboxylic acids is 1. The Morgan fingerprint density at radius 3 is 2.86 bits per heavy atom. The van der Waals surface area contributed by atoms with Crippen LogP contribution in [-0.2, 0) is 4.79 Å². The number of amides is 1. The van der Waals surface area contributed by atoms with Crippen LogP contribution in [0.5, 0.6) is 5.75 Å². The Labute approximate surface area is 167 Å². The highest BCUT2D eigenvalue weighted by Crippen LogP contribution is 2.27. The number of β-amino-alcohol motifs (C(OH)–C–C–N with tert-alkyl or cyclic N) is 1. The van der Waals surface area contributed by atoms with Gasteiger partial charge in [0.15, 0.2) is 0 Å². The van der Waals surface area contributed by atoms with Gasteiger partial charge in [0.1, 0.15) is 18.0 Å². The van der Waals surface area contributed by atoms with E-state index in [-0.39, 0.29) is 18.6 Å². The zero-order valence-electron chi connectivity index (χ0n) is 15.3. The lowest BCUT2D eigenvalue weighted by atomic mass is 10.0. The highest BCUT2D eigenvalue weighted by atomic mass is 32.2. The average molecular weight is 395 g/mol. The number of nitrogens with zero attached hydrogens (tertiary/aromatic N) is 3. The van der Waals surface area contributed by atoms with E-state index in [2.05, 4.69) is 9.97 Å². The first-order valence-corrected chi connectivity index (χ1v) is 10.2. The number of piperidine rings is 1. The van der Waals surface area contributed by atoms with E-state index in [0.29, 0.717) is 24.5 Å². The summed E-state index contributed by atoms with van der Waals surface area (Å²) in [6.07, 6.45) is 4.68. The van der Waals surface area contributed by atoms with Crippen LogP contribution in [0.4, 0.5) is 0 Å². The van der Waals surface area contributed by atoms with Crippen LogP contribution in [0.1, 0.15) is 6.42 Å². The zero-order valence-corrected chi connectivity index (χ0v) is 16.1. The van der Waals surface area contributed by atoms with Crippen molar-refractivity contribution in [2.45, 2.75) is 23.5 Å². The predicted molar refractivity (Wildman–Crippen MR) is 108 cm³/mol. The molecule has 2 aromatic heterocycles. The Bertz CT molecular complexity index is 949. The van der Waals surface area contributed by atoms with Gasteiger partial charge in [-0.05, 0) is 36.4 Å². The van der Waals surface area contributed by atoms with E-state index in [1.807, 2.05) is 42.5 Å². The van der Waals surface area contributed by atoms with E-state index in [0.717, 1.165) is 15.8 Å². The second-order valence-corrected chi connectivity index (χ2v) is 7.70. The van der Waals surface area contributed by atoms with Gasteiger partial charge in [0.2, 0.25) is 5.91 Å². The molecule has 1 fully saturated rings. The third-order valence-corrected chi connectivity index (χ3v) is 5.77. The lowest BCUT2D eigenvalue weighted by Crippen LogP contribution is -2.51. The number of aliphatic hydroxyl groups is 1. The summed E-state index contributed by atoms with van der Waals surface area (Å²) in [7, 11) is 0. The van der Waals surface area contributed by atoms with Crippen molar-refractivity contribution >= 4 is 28.6 Å². The highest BCUT2D eigenvalue weighted by molar-refractivity contribution is 8.00. The number of aliphatic hydroxyl groups excluding tert-OH is 1. The van der Waals surface area contributed by atoms with Gasteiger partial charge >= 0.3 is 0 Å². The zero-order chi connectivity index (χ0) is 19.3. The maximum atomic E-state index is 12.5. The smallest absolute Gasteiger partial charge is 0.233 e. The minimum absolute atomic E-state index is 0.0219. The van der Waals surface area contributed by atoms with Gasteiger partial charge < -0.3 is 14.7 Å². The number of likely N-dealkylation sites (tertiary alicyclic amines) is 1. The second kappa shape index (κ2) is 8.58. The Morgan fingerprint density at radius 2 is 2.04 bits per heavy atom. The number of rotatable bonds is 5. The quantitative estimate of drug-likeness (QED) is 0.670. The molecule has 0 bridgehead atoms. The van der Waals surface area contributed by atoms with Gasteiger partial charge in [-0.1, -0.05) is 6.07 Å². The van der Waals surface area contributed by atoms with E-state index in [1.54, 1.807) is 23.5 Å². The molecular weight excluding hydrogens is 374 g/mol. The molecular formula is C21H21N3O3S. The van der Waals surface area contributed by atoms with Crippen LogP contribution in [-0.4, -0.2) is 56.9 Å². The van der Waals surface area contributed by atoms with Crippen molar-refractivity contribution in [3.05, 3.63) is 61.1 Å². The van der Waals surface area contributed by atoms with Gasteiger partial charge in [-0.2, -0.15) is 0 Å². The minimum Gasteiger partial charge on any atom is -0.487 e. The van der Waals surface area contributed by atoms with Gasteiger partial charge in [-0.25, -0.2) is 0 Å². The molecule has 0 aliphatic carbocycles. The highest BCUT2D eigenvalue weighted by Gasteiger charge is 2.31. The average Bonchev–Trinajstić information content (AvgIpc) is 2.74. The van der Waals surface area contributed by atoms with Crippen LogP contribution in [0.2, 0.25) is 0 Å². The Morgan fingerprint density at radius 1 is 1.18 bits per heavy atom. The van der Waals surface area contributed by atoms with E-state index < -0.39 is 6.10 Å². The van der Waals surface area contributed by atoms with E-state index >= 15 is 0 Å². The van der Waals surface area contributed by atoms with Crippen LogP contribution in [0.25, 0.3) is 10.9 Å². The van der Waals surface area contributed by atoms with E-state index in [1.165, 1.54) is 11.8 Å². The topological polar surface area (TPSA) is 75.6 Å². The Balaban J connectivity index is 1.35. The molecule has 0 spiro atoms. The first-order chi connectivity index (χ1) is 13.7. The van der Waals surface area contributed by atoms with Gasteiger partial charge in [-0.3, -0.25) is 14.8 Å². The van der Waals surface area contributed by atoms with Gasteiger partial charge in [-0.15, -0.1) is 11.8 Å². The number of hydrogen-bond acceptors (Lipinski definition) is 6. The van der Waals surface area contributed by atoms with Crippen molar-refractivity contribution in [1.29, 1.82) is 0 Å². The van der Waals surface area contributed by atoms with Crippen LogP contribution >= 0.6 is 11.8 Å². The van der Waals surface area contributed by atoms with Gasteiger partial charge in [0.05, 0.1) is 17.8 Å². The van der Waals surface area contributed by atoms with Gasteiger partial charge in [0, 0.05) is 41.8 Å². The fraction of sp³-hybridized carbons (Fsp3) is 0.286.